The number of para-hydroxylation sites is 1. The molecule has 130 valence electrons. The van der Waals surface area contributed by atoms with Gasteiger partial charge in [0.25, 0.3) is 5.91 Å². The number of nitrogens with zero attached hydrogens (tertiary/aromatic N) is 3. The van der Waals surface area contributed by atoms with Gasteiger partial charge in [-0.25, -0.2) is 4.98 Å². The van der Waals surface area contributed by atoms with Gasteiger partial charge in [0.2, 0.25) is 0 Å². The second kappa shape index (κ2) is 6.41. The lowest BCUT2D eigenvalue weighted by Gasteiger charge is -2.38. The molecule has 0 atom stereocenters. The second-order valence-corrected chi connectivity index (χ2v) is 5.93. The van der Waals surface area contributed by atoms with E-state index in [0.29, 0.717) is 35.9 Å². The zero-order valence-corrected chi connectivity index (χ0v) is 14.0. The highest BCUT2D eigenvalue weighted by atomic mass is 16.5. The monoisotopic (exact) mass is 349 g/mol. The average molecular weight is 349 g/mol. The number of nitriles is 1. The van der Waals surface area contributed by atoms with E-state index in [2.05, 4.69) is 4.98 Å². The van der Waals surface area contributed by atoms with E-state index in [-0.39, 0.29) is 17.8 Å². The fraction of sp³-hybridized carbons (Fsp3) is 0.211. The van der Waals surface area contributed by atoms with Crippen molar-refractivity contribution in [2.24, 2.45) is 0 Å². The fourth-order valence-electron chi connectivity index (χ4n) is 2.87. The number of benzene rings is 1. The number of aromatic nitrogens is 1. The molecule has 2 aromatic heterocycles. The number of methoxy groups -OCH3 is 1. The van der Waals surface area contributed by atoms with Gasteiger partial charge in [-0.05, 0) is 18.2 Å². The summed E-state index contributed by atoms with van der Waals surface area (Å²) < 4.78 is 16.7. The van der Waals surface area contributed by atoms with Crippen LogP contribution in [-0.2, 0) is 0 Å². The molecule has 0 bridgehead atoms. The number of carbonyl (C=O) groups excluding carboxylic acids is 1. The molecule has 3 heterocycles. The maximum absolute atomic E-state index is 12.6. The molecular formula is C19H15N3O4. The summed E-state index contributed by atoms with van der Waals surface area (Å²) >= 11 is 0. The van der Waals surface area contributed by atoms with Crippen LogP contribution in [0.3, 0.4) is 0 Å². The molecule has 0 spiro atoms. The molecule has 1 fully saturated rings. The van der Waals surface area contributed by atoms with Crippen molar-refractivity contribution in [2.75, 3.05) is 20.2 Å². The molecule has 26 heavy (non-hydrogen) atoms. The number of ether oxygens (including phenoxy) is 2. The Hall–Kier alpha value is -3.53. The number of rotatable bonds is 4. The van der Waals surface area contributed by atoms with Crippen molar-refractivity contribution in [3.63, 3.8) is 0 Å². The third-order valence-corrected chi connectivity index (χ3v) is 4.22. The van der Waals surface area contributed by atoms with E-state index < -0.39 is 0 Å². The number of carbonyl (C=O) groups is 1. The number of amides is 1. The van der Waals surface area contributed by atoms with E-state index in [9.17, 15) is 4.79 Å². The summed E-state index contributed by atoms with van der Waals surface area (Å²) in [4.78, 5) is 18.1. The van der Waals surface area contributed by atoms with Gasteiger partial charge >= 0.3 is 0 Å². The molecule has 7 nitrogen and oxygen atoms in total. The first kappa shape index (κ1) is 16.0. The van der Waals surface area contributed by atoms with Gasteiger partial charge in [0.1, 0.15) is 23.6 Å². The van der Waals surface area contributed by atoms with Gasteiger partial charge in [0.15, 0.2) is 17.1 Å². The van der Waals surface area contributed by atoms with Crippen molar-refractivity contribution in [3.8, 4) is 17.6 Å². The zero-order valence-electron chi connectivity index (χ0n) is 14.0. The van der Waals surface area contributed by atoms with Crippen LogP contribution in [0.1, 0.15) is 16.2 Å². The summed E-state index contributed by atoms with van der Waals surface area (Å²) in [5.74, 6) is 1.26. The van der Waals surface area contributed by atoms with Crippen LogP contribution in [0.2, 0.25) is 0 Å². The Morgan fingerprint density at radius 3 is 2.96 bits per heavy atom. The Balaban J connectivity index is 1.42. The third-order valence-electron chi connectivity index (χ3n) is 4.22. The molecule has 4 rings (SSSR count). The molecule has 1 aliphatic rings. The normalized spacial score (nSPS) is 13.9. The highest BCUT2D eigenvalue weighted by Gasteiger charge is 2.34. The Morgan fingerprint density at radius 1 is 1.35 bits per heavy atom. The van der Waals surface area contributed by atoms with Crippen molar-refractivity contribution < 1.29 is 18.7 Å². The predicted molar refractivity (Wildman–Crippen MR) is 92.0 cm³/mol. The van der Waals surface area contributed by atoms with Crippen LogP contribution in [0.15, 0.2) is 47.0 Å². The smallest absolute Gasteiger partial charge is 0.289 e. The lowest BCUT2D eigenvalue weighted by atomic mass is 10.1. The molecule has 1 saturated heterocycles. The van der Waals surface area contributed by atoms with Crippen molar-refractivity contribution in [1.29, 1.82) is 5.26 Å². The van der Waals surface area contributed by atoms with Gasteiger partial charge in [-0.15, -0.1) is 0 Å². The van der Waals surface area contributed by atoms with Crippen LogP contribution in [0.4, 0.5) is 0 Å². The average Bonchev–Trinajstić information content (AvgIpc) is 3.08. The molecular weight excluding hydrogens is 334 g/mol. The number of hydrogen-bond donors (Lipinski definition) is 0. The van der Waals surface area contributed by atoms with Gasteiger partial charge in [0.05, 0.1) is 20.2 Å². The van der Waals surface area contributed by atoms with E-state index in [4.69, 9.17) is 19.2 Å². The van der Waals surface area contributed by atoms with Crippen LogP contribution < -0.4 is 9.47 Å². The zero-order chi connectivity index (χ0) is 18.1. The number of pyridine rings is 1. The molecule has 0 radical (unpaired) electrons. The fourth-order valence-corrected chi connectivity index (χ4v) is 2.87. The van der Waals surface area contributed by atoms with Gasteiger partial charge < -0.3 is 18.8 Å². The minimum absolute atomic E-state index is 0.119. The van der Waals surface area contributed by atoms with Crippen molar-refractivity contribution in [3.05, 3.63) is 54.0 Å². The Labute approximate surface area is 149 Å². The van der Waals surface area contributed by atoms with Crippen LogP contribution in [-0.4, -0.2) is 42.1 Å². The molecule has 3 aromatic rings. The van der Waals surface area contributed by atoms with E-state index in [1.807, 2.05) is 18.2 Å². The topological polar surface area (TPSA) is 88.6 Å². The Morgan fingerprint density at radius 2 is 2.19 bits per heavy atom. The second-order valence-electron chi connectivity index (χ2n) is 5.93. The van der Waals surface area contributed by atoms with E-state index >= 15 is 0 Å². The molecule has 1 amide bonds. The number of fused-ring (bicyclic) bond motifs is 1. The van der Waals surface area contributed by atoms with Crippen molar-refractivity contribution in [1.82, 2.24) is 9.88 Å². The summed E-state index contributed by atoms with van der Waals surface area (Å²) in [5.41, 5.74) is 0.860. The highest BCUT2D eigenvalue weighted by Crippen LogP contribution is 2.30. The quantitative estimate of drug-likeness (QED) is 0.719. The van der Waals surface area contributed by atoms with Crippen LogP contribution in [0.5, 0.6) is 11.5 Å². The first-order chi connectivity index (χ1) is 12.7. The van der Waals surface area contributed by atoms with E-state index in [1.54, 1.807) is 36.3 Å². The summed E-state index contributed by atoms with van der Waals surface area (Å²) in [6.45, 7) is 0.911. The Kier molecular flexibility index (Phi) is 3.93. The largest absolute Gasteiger partial charge is 0.493 e. The van der Waals surface area contributed by atoms with Gasteiger partial charge in [-0.3, -0.25) is 4.79 Å². The van der Waals surface area contributed by atoms with Crippen LogP contribution in [0.25, 0.3) is 11.0 Å². The third kappa shape index (κ3) is 2.82. The SMILES string of the molecule is COc1cccc2cc(C(=O)N3CC(Oc4ccnc(C#N)c4)C3)oc12. The Bertz CT molecular complexity index is 1020. The van der Waals surface area contributed by atoms with Gasteiger partial charge in [-0.2, -0.15) is 5.26 Å². The van der Waals surface area contributed by atoms with E-state index in [0.717, 1.165) is 5.39 Å². The molecule has 1 aliphatic heterocycles. The van der Waals surface area contributed by atoms with Crippen molar-refractivity contribution in [2.45, 2.75) is 6.10 Å². The first-order valence-electron chi connectivity index (χ1n) is 8.06. The van der Waals surface area contributed by atoms with Crippen LogP contribution in [0, 0.1) is 11.3 Å². The summed E-state index contributed by atoms with van der Waals surface area (Å²) in [5, 5.41) is 9.69. The molecule has 0 unspecified atom stereocenters. The highest BCUT2D eigenvalue weighted by molar-refractivity contribution is 5.97. The molecule has 0 N–H and O–H groups in total. The van der Waals surface area contributed by atoms with Crippen LogP contribution >= 0.6 is 0 Å². The summed E-state index contributed by atoms with van der Waals surface area (Å²) in [7, 11) is 1.56. The molecule has 1 aromatic carbocycles. The predicted octanol–water partition coefficient (Wildman–Crippen LogP) is 2.61. The maximum Gasteiger partial charge on any atom is 0.289 e. The number of furan rings is 1. The lowest BCUT2D eigenvalue weighted by molar-refractivity contribution is 0.0156. The number of likely N-dealkylation sites (tertiary alicyclic amines) is 1. The lowest BCUT2D eigenvalue weighted by Crippen LogP contribution is -2.56. The summed E-state index contributed by atoms with van der Waals surface area (Å²) in [6, 6.07) is 12.5. The molecule has 7 heteroatoms. The molecule has 0 saturated carbocycles. The molecule has 0 aliphatic carbocycles. The van der Waals surface area contributed by atoms with Gasteiger partial charge in [0, 0.05) is 17.6 Å². The van der Waals surface area contributed by atoms with Crippen molar-refractivity contribution >= 4 is 16.9 Å². The van der Waals surface area contributed by atoms with Gasteiger partial charge in [-0.1, -0.05) is 12.1 Å². The first-order valence-corrected chi connectivity index (χ1v) is 8.06. The number of hydrogen-bond acceptors (Lipinski definition) is 6. The standard InChI is InChI=1S/C19H15N3O4/c1-24-16-4-2-3-12-7-17(26-18(12)16)19(23)22-10-15(11-22)25-14-5-6-21-13(8-14)9-20/h2-8,15H,10-11H2,1H3. The minimum atomic E-state index is -0.185. The maximum atomic E-state index is 12.6. The van der Waals surface area contributed by atoms with E-state index in [1.165, 1.54) is 6.20 Å². The minimum Gasteiger partial charge on any atom is -0.493 e. The summed E-state index contributed by atoms with van der Waals surface area (Å²) in [6.07, 6.45) is 1.41.